The van der Waals surface area contributed by atoms with E-state index in [-0.39, 0.29) is 6.04 Å². The number of nitrogens with one attached hydrogen (secondary N) is 2. The SMILES string of the molecule is CNCCC1=CN2C(=NCC2c2cnn(C)c2)C(Nc2ccc(-n3ccnc3)cc2)=N1. The van der Waals surface area contributed by atoms with Crippen LogP contribution in [0.15, 0.2) is 77.3 Å². The Labute approximate surface area is 180 Å². The van der Waals surface area contributed by atoms with Crippen LogP contribution in [-0.2, 0) is 7.05 Å². The van der Waals surface area contributed by atoms with Gasteiger partial charge in [-0.15, -0.1) is 0 Å². The summed E-state index contributed by atoms with van der Waals surface area (Å²) < 4.78 is 3.81. The number of anilines is 1. The number of aryl methyl sites for hydroxylation is 1. The van der Waals surface area contributed by atoms with Crippen molar-refractivity contribution in [1.29, 1.82) is 0 Å². The highest BCUT2D eigenvalue weighted by Gasteiger charge is 2.34. The molecule has 9 heteroatoms. The summed E-state index contributed by atoms with van der Waals surface area (Å²) in [5, 5.41) is 11.0. The van der Waals surface area contributed by atoms with Crippen molar-refractivity contribution in [2.75, 3.05) is 25.5 Å². The summed E-state index contributed by atoms with van der Waals surface area (Å²) in [4.78, 5) is 16.0. The van der Waals surface area contributed by atoms with E-state index in [2.05, 4.69) is 50.1 Å². The molecule has 0 radical (unpaired) electrons. The molecule has 0 spiro atoms. The van der Waals surface area contributed by atoms with Gasteiger partial charge in [0.25, 0.3) is 0 Å². The van der Waals surface area contributed by atoms with Crippen molar-refractivity contribution in [3.05, 3.63) is 72.8 Å². The van der Waals surface area contributed by atoms with Gasteiger partial charge < -0.3 is 20.1 Å². The van der Waals surface area contributed by atoms with Gasteiger partial charge in [-0.25, -0.2) is 9.98 Å². The number of rotatable bonds is 6. The molecule has 0 saturated heterocycles. The number of fused-ring (bicyclic) bond motifs is 1. The van der Waals surface area contributed by atoms with E-state index in [0.29, 0.717) is 6.54 Å². The molecule has 1 unspecified atom stereocenters. The molecule has 0 fully saturated rings. The lowest BCUT2D eigenvalue weighted by Crippen LogP contribution is -2.38. The Hall–Kier alpha value is -3.72. The molecule has 3 aromatic rings. The highest BCUT2D eigenvalue weighted by Crippen LogP contribution is 2.31. The lowest BCUT2D eigenvalue weighted by Gasteiger charge is -2.28. The molecule has 5 rings (SSSR count). The molecule has 1 aromatic carbocycles. The van der Waals surface area contributed by atoms with Crippen molar-refractivity contribution in [1.82, 2.24) is 29.5 Å². The van der Waals surface area contributed by atoms with Crippen LogP contribution in [-0.4, -0.2) is 56.0 Å². The van der Waals surface area contributed by atoms with Crippen molar-refractivity contribution >= 4 is 17.4 Å². The monoisotopic (exact) mass is 415 g/mol. The van der Waals surface area contributed by atoms with E-state index in [1.807, 2.05) is 47.9 Å². The normalized spacial score (nSPS) is 17.8. The number of amidine groups is 2. The van der Waals surface area contributed by atoms with Crippen LogP contribution in [0, 0.1) is 0 Å². The van der Waals surface area contributed by atoms with E-state index in [0.717, 1.165) is 47.3 Å². The summed E-state index contributed by atoms with van der Waals surface area (Å²) in [5.74, 6) is 1.64. The van der Waals surface area contributed by atoms with E-state index in [1.165, 1.54) is 0 Å². The zero-order valence-electron chi connectivity index (χ0n) is 17.6. The van der Waals surface area contributed by atoms with Crippen LogP contribution >= 0.6 is 0 Å². The first kappa shape index (κ1) is 19.3. The summed E-state index contributed by atoms with van der Waals surface area (Å²) in [6.07, 6.45) is 12.4. The van der Waals surface area contributed by atoms with Crippen molar-refractivity contribution in [2.24, 2.45) is 17.0 Å². The second-order valence-electron chi connectivity index (χ2n) is 7.61. The molecule has 2 aromatic heterocycles. The summed E-state index contributed by atoms with van der Waals surface area (Å²) in [6, 6.07) is 8.32. The Morgan fingerprint density at radius 1 is 1.19 bits per heavy atom. The summed E-state index contributed by atoms with van der Waals surface area (Å²) in [5.41, 5.74) is 4.18. The van der Waals surface area contributed by atoms with Crippen LogP contribution in [0.2, 0.25) is 0 Å². The maximum Gasteiger partial charge on any atom is 0.174 e. The molecule has 2 N–H and O–H groups in total. The Morgan fingerprint density at radius 2 is 2.06 bits per heavy atom. The standard InChI is InChI=1S/C22H25N9/c1-23-8-7-18-14-31-20(16-11-26-29(2)13-16)12-25-22(31)21(28-18)27-17-3-5-19(6-4-17)30-10-9-24-15-30/h3-6,9-11,13-15,20,23H,7-8,12H2,1-2H3,(H,27,28). The third-order valence-corrected chi connectivity index (χ3v) is 5.42. The van der Waals surface area contributed by atoms with Crippen LogP contribution in [0.5, 0.6) is 0 Å². The summed E-state index contributed by atoms with van der Waals surface area (Å²) >= 11 is 0. The molecule has 9 nitrogen and oxygen atoms in total. The van der Waals surface area contributed by atoms with Crippen molar-refractivity contribution < 1.29 is 0 Å². The molecule has 2 aliphatic rings. The Kier molecular flexibility index (Phi) is 5.09. The average Bonchev–Trinajstić information content (AvgIpc) is 3.53. The van der Waals surface area contributed by atoms with Crippen LogP contribution in [0.1, 0.15) is 18.0 Å². The number of imidazole rings is 1. The van der Waals surface area contributed by atoms with Gasteiger partial charge in [0, 0.05) is 61.7 Å². The lowest BCUT2D eigenvalue weighted by atomic mass is 10.1. The fourth-order valence-corrected chi connectivity index (χ4v) is 3.82. The minimum absolute atomic E-state index is 0.129. The molecule has 1 atom stereocenters. The first-order chi connectivity index (χ1) is 15.2. The minimum atomic E-state index is 0.129. The number of aliphatic imine (C=N–C) groups is 2. The highest BCUT2D eigenvalue weighted by atomic mass is 15.3. The van der Waals surface area contributed by atoms with E-state index >= 15 is 0 Å². The predicted octanol–water partition coefficient (Wildman–Crippen LogP) is 2.34. The molecular formula is C22H25N9. The first-order valence-corrected chi connectivity index (χ1v) is 10.3. The van der Waals surface area contributed by atoms with E-state index in [1.54, 1.807) is 12.5 Å². The molecule has 0 bridgehead atoms. The molecular weight excluding hydrogens is 390 g/mol. The molecule has 4 heterocycles. The van der Waals surface area contributed by atoms with Gasteiger partial charge in [0.1, 0.15) is 0 Å². The largest absolute Gasteiger partial charge is 0.337 e. The molecule has 0 saturated carbocycles. The van der Waals surface area contributed by atoms with E-state index in [9.17, 15) is 0 Å². The molecule has 0 aliphatic carbocycles. The van der Waals surface area contributed by atoms with E-state index < -0.39 is 0 Å². The summed E-state index contributed by atoms with van der Waals surface area (Å²) in [7, 11) is 3.89. The van der Waals surface area contributed by atoms with Gasteiger partial charge in [0.2, 0.25) is 0 Å². The molecule has 2 aliphatic heterocycles. The highest BCUT2D eigenvalue weighted by molar-refractivity contribution is 6.45. The van der Waals surface area contributed by atoms with Crippen molar-refractivity contribution in [2.45, 2.75) is 12.5 Å². The molecule has 0 amide bonds. The number of benzene rings is 1. The molecule has 31 heavy (non-hydrogen) atoms. The van der Waals surface area contributed by atoms with Gasteiger partial charge in [-0.2, -0.15) is 5.10 Å². The van der Waals surface area contributed by atoms with Crippen LogP contribution in [0.25, 0.3) is 5.69 Å². The van der Waals surface area contributed by atoms with Crippen LogP contribution in [0.4, 0.5) is 5.69 Å². The summed E-state index contributed by atoms with van der Waals surface area (Å²) in [6.45, 7) is 1.54. The van der Waals surface area contributed by atoms with Crippen LogP contribution < -0.4 is 10.6 Å². The number of hydrogen-bond acceptors (Lipinski definition) is 7. The smallest absolute Gasteiger partial charge is 0.174 e. The quantitative estimate of drug-likeness (QED) is 0.645. The van der Waals surface area contributed by atoms with Gasteiger partial charge >= 0.3 is 0 Å². The number of hydrogen-bond donors (Lipinski definition) is 2. The third-order valence-electron chi connectivity index (χ3n) is 5.42. The fraction of sp³-hybridized carbons (Fsp3) is 0.273. The van der Waals surface area contributed by atoms with E-state index in [4.69, 9.17) is 9.98 Å². The first-order valence-electron chi connectivity index (χ1n) is 10.3. The Balaban J connectivity index is 1.40. The van der Waals surface area contributed by atoms with Gasteiger partial charge in [-0.3, -0.25) is 9.67 Å². The Morgan fingerprint density at radius 3 is 2.77 bits per heavy atom. The van der Waals surface area contributed by atoms with Gasteiger partial charge in [0.15, 0.2) is 11.7 Å². The zero-order chi connectivity index (χ0) is 21.2. The zero-order valence-corrected chi connectivity index (χ0v) is 17.6. The lowest BCUT2D eigenvalue weighted by molar-refractivity contribution is 0.452. The average molecular weight is 416 g/mol. The second-order valence-corrected chi connectivity index (χ2v) is 7.61. The fourth-order valence-electron chi connectivity index (χ4n) is 3.82. The van der Waals surface area contributed by atoms with Crippen molar-refractivity contribution in [3.8, 4) is 5.69 Å². The van der Waals surface area contributed by atoms with Gasteiger partial charge in [0.05, 0.1) is 30.8 Å². The van der Waals surface area contributed by atoms with Crippen molar-refractivity contribution in [3.63, 3.8) is 0 Å². The third kappa shape index (κ3) is 3.87. The second kappa shape index (κ2) is 8.19. The maximum absolute atomic E-state index is 4.88. The van der Waals surface area contributed by atoms with Gasteiger partial charge in [-0.1, -0.05) is 0 Å². The predicted molar refractivity (Wildman–Crippen MR) is 121 cm³/mol. The van der Waals surface area contributed by atoms with Gasteiger partial charge in [-0.05, 0) is 31.3 Å². The Bertz CT molecular complexity index is 1140. The number of nitrogens with zero attached hydrogens (tertiary/aromatic N) is 7. The number of aromatic nitrogens is 4. The van der Waals surface area contributed by atoms with Crippen LogP contribution in [0.3, 0.4) is 0 Å². The minimum Gasteiger partial charge on any atom is -0.337 e. The molecule has 158 valence electrons. The topological polar surface area (TPSA) is 87.7 Å². The maximum atomic E-state index is 4.88.